The van der Waals surface area contributed by atoms with Gasteiger partial charge in [-0.1, -0.05) is 29.5 Å². The van der Waals surface area contributed by atoms with E-state index in [0.29, 0.717) is 5.13 Å². The number of benzene rings is 1. The lowest BCUT2D eigenvalue weighted by Crippen LogP contribution is -2.21. The summed E-state index contributed by atoms with van der Waals surface area (Å²) in [7, 11) is 0. The number of hydrogen-bond acceptors (Lipinski definition) is 4. The SMILES string of the molecule is Cl.NC(N)=Nc1nnc(-c2ccccc2I)s1. The van der Waals surface area contributed by atoms with Gasteiger partial charge in [-0.25, -0.2) is 0 Å². The van der Waals surface area contributed by atoms with Crippen molar-refractivity contribution in [1.82, 2.24) is 10.2 Å². The van der Waals surface area contributed by atoms with Crippen molar-refractivity contribution < 1.29 is 0 Å². The van der Waals surface area contributed by atoms with Crippen LogP contribution >= 0.6 is 46.3 Å². The molecule has 1 aromatic heterocycles. The van der Waals surface area contributed by atoms with Crippen molar-refractivity contribution in [1.29, 1.82) is 0 Å². The molecule has 0 amide bonds. The maximum Gasteiger partial charge on any atom is 0.235 e. The Morgan fingerprint density at radius 3 is 2.59 bits per heavy atom. The molecule has 0 saturated heterocycles. The van der Waals surface area contributed by atoms with Gasteiger partial charge in [0, 0.05) is 9.13 Å². The van der Waals surface area contributed by atoms with Gasteiger partial charge in [0.15, 0.2) is 11.0 Å². The molecule has 8 heteroatoms. The van der Waals surface area contributed by atoms with E-state index in [-0.39, 0.29) is 18.4 Å². The van der Waals surface area contributed by atoms with Crippen LogP contribution in [0.15, 0.2) is 29.3 Å². The van der Waals surface area contributed by atoms with Crippen LogP contribution < -0.4 is 11.5 Å². The van der Waals surface area contributed by atoms with Crippen LogP contribution in [0.2, 0.25) is 0 Å². The Bertz CT molecular complexity index is 538. The van der Waals surface area contributed by atoms with Crippen LogP contribution in [-0.4, -0.2) is 16.2 Å². The first kappa shape index (κ1) is 14.1. The summed E-state index contributed by atoms with van der Waals surface area (Å²) in [6, 6.07) is 7.93. The van der Waals surface area contributed by atoms with E-state index in [1.54, 1.807) is 0 Å². The van der Waals surface area contributed by atoms with Gasteiger partial charge >= 0.3 is 0 Å². The van der Waals surface area contributed by atoms with Crippen LogP contribution in [0.1, 0.15) is 0 Å². The third-order valence-electron chi connectivity index (χ3n) is 1.74. The standard InChI is InChI=1S/C9H8IN5S.ClH/c10-6-4-2-1-3-5(6)7-14-15-9(16-7)13-8(11)12;/h1-4H,(H4,11,12,13,15);1H. The van der Waals surface area contributed by atoms with E-state index in [0.717, 1.165) is 14.1 Å². The molecule has 0 saturated carbocycles. The minimum atomic E-state index is -0.00883. The van der Waals surface area contributed by atoms with Gasteiger partial charge in [-0.05, 0) is 28.7 Å². The Morgan fingerprint density at radius 2 is 1.94 bits per heavy atom. The minimum absolute atomic E-state index is 0. The molecule has 0 aliphatic heterocycles. The lowest BCUT2D eigenvalue weighted by atomic mass is 10.2. The van der Waals surface area contributed by atoms with Crippen LogP contribution in [-0.2, 0) is 0 Å². The molecule has 0 spiro atoms. The molecule has 5 nitrogen and oxygen atoms in total. The molecule has 4 N–H and O–H groups in total. The fraction of sp³-hybridized carbons (Fsp3) is 0. The summed E-state index contributed by atoms with van der Waals surface area (Å²) in [6.45, 7) is 0. The van der Waals surface area contributed by atoms with E-state index in [1.165, 1.54) is 11.3 Å². The molecule has 0 fully saturated rings. The highest BCUT2D eigenvalue weighted by Crippen LogP contribution is 2.30. The zero-order valence-electron chi connectivity index (χ0n) is 8.50. The lowest BCUT2D eigenvalue weighted by Gasteiger charge is -1.96. The topological polar surface area (TPSA) is 90.2 Å². The van der Waals surface area contributed by atoms with E-state index >= 15 is 0 Å². The summed E-state index contributed by atoms with van der Waals surface area (Å²) in [5.74, 6) is -0.00883. The second-order valence-electron chi connectivity index (χ2n) is 2.91. The van der Waals surface area contributed by atoms with Crippen molar-refractivity contribution in [2.24, 2.45) is 16.5 Å². The van der Waals surface area contributed by atoms with E-state index in [9.17, 15) is 0 Å². The Balaban J connectivity index is 0.00000144. The van der Waals surface area contributed by atoms with Crippen molar-refractivity contribution in [3.8, 4) is 10.6 Å². The number of nitrogens with zero attached hydrogens (tertiary/aromatic N) is 3. The second kappa shape index (κ2) is 6.12. The van der Waals surface area contributed by atoms with Crippen molar-refractivity contribution in [3.63, 3.8) is 0 Å². The largest absolute Gasteiger partial charge is 0.370 e. The first-order chi connectivity index (χ1) is 7.66. The fourth-order valence-corrected chi connectivity index (χ4v) is 2.72. The molecule has 2 aromatic rings. The zero-order valence-corrected chi connectivity index (χ0v) is 12.3. The molecular formula is C9H9ClIN5S. The summed E-state index contributed by atoms with van der Waals surface area (Å²) in [5.41, 5.74) is 11.6. The third kappa shape index (κ3) is 3.51. The number of hydrogen-bond donors (Lipinski definition) is 2. The highest BCUT2D eigenvalue weighted by molar-refractivity contribution is 14.1. The monoisotopic (exact) mass is 381 g/mol. The molecule has 0 atom stereocenters. The van der Waals surface area contributed by atoms with Crippen LogP contribution in [0.25, 0.3) is 10.6 Å². The number of aliphatic imine (C=N–C) groups is 1. The number of nitrogens with two attached hydrogens (primary N) is 2. The maximum atomic E-state index is 5.27. The molecular weight excluding hydrogens is 373 g/mol. The van der Waals surface area contributed by atoms with Gasteiger partial charge in [0.05, 0.1) is 0 Å². The summed E-state index contributed by atoms with van der Waals surface area (Å²) in [4.78, 5) is 3.85. The lowest BCUT2D eigenvalue weighted by molar-refractivity contribution is 1.08. The van der Waals surface area contributed by atoms with Crippen molar-refractivity contribution in [2.75, 3.05) is 0 Å². The van der Waals surface area contributed by atoms with Crippen LogP contribution in [0.3, 0.4) is 0 Å². The summed E-state index contributed by atoms with van der Waals surface area (Å²) < 4.78 is 1.12. The van der Waals surface area contributed by atoms with Crippen LogP contribution in [0.5, 0.6) is 0 Å². The average molecular weight is 382 g/mol. The Hall–Kier alpha value is -0.930. The molecule has 0 radical (unpaired) electrons. The van der Waals surface area contributed by atoms with Crippen LogP contribution in [0.4, 0.5) is 5.13 Å². The number of halogens is 2. The van der Waals surface area contributed by atoms with Crippen LogP contribution in [0, 0.1) is 3.57 Å². The molecule has 17 heavy (non-hydrogen) atoms. The molecule has 1 heterocycles. The van der Waals surface area contributed by atoms with Gasteiger partial charge in [0.25, 0.3) is 0 Å². The summed E-state index contributed by atoms with van der Waals surface area (Å²) >= 11 is 3.61. The maximum absolute atomic E-state index is 5.27. The van der Waals surface area contributed by atoms with E-state index in [1.807, 2.05) is 24.3 Å². The Labute approximate surface area is 122 Å². The molecule has 2 rings (SSSR count). The molecule has 90 valence electrons. The van der Waals surface area contributed by atoms with E-state index in [4.69, 9.17) is 11.5 Å². The second-order valence-corrected chi connectivity index (χ2v) is 5.02. The highest BCUT2D eigenvalue weighted by Gasteiger charge is 2.08. The van der Waals surface area contributed by atoms with Gasteiger partial charge in [-0.3, -0.25) is 0 Å². The molecule has 0 aliphatic carbocycles. The predicted octanol–water partition coefficient (Wildman–Crippen LogP) is 2.14. The molecule has 0 aliphatic rings. The first-order valence-electron chi connectivity index (χ1n) is 4.35. The summed E-state index contributed by atoms with van der Waals surface area (Å²) in [5, 5.41) is 9.21. The first-order valence-corrected chi connectivity index (χ1v) is 6.24. The smallest absolute Gasteiger partial charge is 0.235 e. The number of aromatic nitrogens is 2. The molecule has 0 bridgehead atoms. The van der Waals surface area contributed by atoms with E-state index < -0.39 is 0 Å². The predicted molar refractivity (Wildman–Crippen MR) is 80.8 cm³/mol. The quantitative estimate of drug-likeness (QED) is 0.474. The average Bonchev–Trinajstić information content (AvgIpc) is 2.66. The fourth-order valence-electron chi connectivity index (χ4n) is 1.11. The van der Waals surface area contributed by atoms with Gasteiger partial charge in [0.1, 0.15) is 0 Å². The Kier molecular flexibility index (Phi) is 5.09. The van der Waals surface area contributed by atoms with E-state index in [2.05, 4.69) is 37.8 Å². The normalized spacial score (nSPS) is 9.47. The highest BCUT2D eigenvalue weighted by atomic mass is 127. The number of guanidine groups is 1. The van der Waals surface area contributed by atoms with Gasteiger partial charge < -0.3 is 11.5 Å². The van der Waals surface area contributed by atoms with Gasteiger partial charge in [-0.2, -0.15) is 4.99 Å². The zero-order chi connectivity index (χ0) is 11.5. The third-order valence-corrected chi connectivity index (χ3v) is 3.53. The van der Waals surface area contributed by atoms with Gasteiger partial charge in [-0.15, -0.1) is 22.6 Å². The van der Waals surface area contributed by atoms with Gasteiger partial charge in [0.2, 0.25) is 5.13 Å². The summed E-state index contributed by atoms with van der Waals surface area (Å²) in [6.07, 6.45) is 0. The van der Waals surface area contributed by atoms with Crippen molar-refractivity contribution in [3.05, 3.63) is 27.8 Å². The van der Waals surface area contributed by atoms with Crippen molar-refractivity contribution in [2.45, 2.75) is 0 Å². The number of rotatable bonds is 2. The molecule has 1 aromatic carbocycles. The minimum Gasteiger partial charge on any atom is -0.370 e. The molecule has 0 unspecified atom stereocenters. The van der Waals surface area contributed by atoms with Crippen molar-refractivity contribution >= 4 is 57.4 Å². The Morgan fingerprint density at radius 1 is 1.24 bits per heavy atom.